The highest BCUT2D eigenvalue weighted by Gasteiger charge is 2.32. The Morgan fingerprint density at radius 3 is 2.41 bits per heavy atom. The lowest BCUT2D eigenvalue weighted by Crippen LogP contribution is -2.50. The fourth-order valence-corrected chi connectivity index (χ4v) is 5.22. The minimum atomic E-state index is -3.75. The van der Waals surface area contributed by atoms with Crippen molar-refractivity contribution in [1.29, 1.82) is 0 Å². The van der Waals surface area contributed by atoms with E-state index in [4.69, 9.17) is 0 Å². The monoisotopic (exact) mass is 413 g/mol. The molecule has 4 rings (SSSR count). The number of benzene rings is 2. The number of carbonyl (C=O) groups is 1. The summed E-state index contributed by atoms with van der Waals surface area (Å²) in [5.74, 6) is -0.638. The highest BCUT2D eigenvalue weighted by molar-refractivity contribution is 7.89. The second kappa shape index (κ2) is 7.53. The summed E-state index contributed by atoms with van der Waals surface area (Å²) in [6, 6.07) is 12.5. The summed E-state index contributed by atoms with van der Waals surface area (Å²) in [5, 5.41) is 0.774. The smallest absolute Gasteiger partial charge is 0.253 e. The van der Waals surface area contributed by atoms with Crippen LogP contribution in [0, 0.1) is 12.7 Å². The average molecular weight is 413 g/mol. The Labute approximate surface area is 168 Å². The Balaban J connectivity index is 1.55. The molecule has 0 saturated carbocycles. The molecule has 29 heavy (non-hydrogen) atoms. The van der Waals surface area contributed by atoms with Gasteiger partial charge in [-0.2, -0.15) is 4.31 Å². The molecule has 3 aromatic rings. The molecule has 0 spiro atoms. The minimum Gasteiger partial charge on any atom is -0.336 e. The van der Waals surface area contributed by atoms with Crippen molar-refractivity contribution in [1.82, 2.24) is 14.2 Å². The zero-order valence-corrected chi connectivity index (χ0v) is 16.7. The number of aryl methyl sites for hydroxylation is 1. The zero-order valence-electron chi connectivity index (χ0n) is 15.9. The van der Waals surface area contributed by atoms with Crippen LogP contribution in [-0.4, -0.2) is 54.7 Å². The fraction of sp³-hybridized carbons (Fsp3) is 0.238. The maximum Gasteiger partial charge on any atom is 0.253 e. The molecular formula is C21H20FN3O3S. The van der Waals surface area contributed by atoms with Gasteiger partial charge in [0, 0.05) is 43.3 Å². The molecular weight excluding hydrogens is 393 g/mol. The van der Waals surface area contributed by atoms with Crippen molar-refractivity contribution in [3.05, 3.63) is 71.7 Å². The van der Waals surface area contributed by atoms with Gasteiger partial charge in [0.1, 0.15) is 10.7 Å². The van der Waals surface area contributed by atoms with E-state index in [1.54, 1.807) is 23.2 Å². The van der Waals surface area contributed by atoms with Gasteiger partial charge in [0.15, 0.2) is 0 Å². The van der Waals surface area contributed by atoms with Gasteiger partial charge in [0.05, 0.1) is 5.52 Å². The molecule has 1 aliphatic heterocycles. The molecule has 0 unspecified atom stereocenters. The molecule has 2 aromatic carbocycles. The van der Waals surface area contributed by atoms with Crippen molar-refractivity contribution in [2.75, 3.05) is 26.2 Å². The van der Waals surface area contributed by atoms with Gasteiger partial charge in [-0.3, -0.25) is 9.78 Å². The highest BCUT2D eigenvalue weighted by Crippen LogP contribution is 2.26. The first-order valence-corrected chi connectivity index (χ1v) is 10.7. The van der Waals surface area contributed by atoms with Gasteiger partial charge < -0.3 is 4.90 Å². The molecule has 0 bridgehead atoms. The predicted molar refractivity (Wildman–Crippen MR) is 108 cm³/mol. The van der Waals surface area contributed by atoms with Crippen molar-refractivity contribution in [2.45, 2.75) is 11.8 Å². The second-order valence-corrected chi connectivity index (χ2v) is 8.95. The Bertz CT molecular complexity index is 1170. The zero-order chi connectivity index (χ0) is 20.6. The first kappa shape index (κ1) is 19.5. The van der Waals surface area contributed by atoms with Gasteiger partial charge in [-0.1, -0.05) is 6.07 Å². The number of pyridine rings is 1. The SMILES string of the molecule is Cc1cc(S(=O)(=O)N2CCN(C(=O)c3ccc(F)cc3)CC2)c2ncccc2c1. The predicted octanol–water partition coefficient (Wildman–Crippen LogP) is 2.83. The fourth-order valence-electron chi connectivity index (χ4n) is 3.54. The van der Waals surface area contributed by atoms with Gasteiger partial charge in [-0.05, 0) is 55.0 Å². The Hall–Kier alpha value is -2.84. The van der Waals surface area contributed by atoms with Crippen LogP contribution in [0.4, 0.5) is 4.39 Å². The Kier molecular flexibility index (Phi) is 5.06. The molecule has 1 saturated heterocycles. The molecule has 150 valence electrons. The summed E-state index contributed by atoms with van der Waals surface area (Å²) in [4.78, 5) is 18.6. The maximum absolute atomic E-state index is 13.3. The number of hydrogen-bond donors (Lipinski definition) is 0. The summed E-state index contributed by atoms with van der Waals surface area (Å²) in [6.45, 7) is 2.78. The molecule has 0 aliphatic carbocycles. The number of fused-ring (bicyclic) bond motifs is 1. The topological polar surface area (TPSA) is 70.6 Å². The van der Waals surface area contributed by atoms with E-state index < -0.39 is 15.8 Å². The first-order chi connectivity index (χ1) is 13.9. The van der Waals surface area contributed by atoms with Crippen LogP contribution in [0.1, 0.15) is 15.9 Å². The molecule has 8 heteroatoms. The third kappa shape index (κ3) is 3.73. The molecule has 0 radical (unpaired) electrons. The van der Waals surface area contributed by atoms with Gasteiger partial charge in [-0.25, -0.2) is 12.8 Å². The third-order valence-electron chi connectivity index (χ3n) is 5.05. The van der Waals surface area contributed by atoms with E-state index in [0.717, 1.165) is 10.9 Å². The van der Waals surface area contributed by atoms with Crippen molar-refractivity contribution < 1.29 is 17.6 Å². The van der Waals surface area contributed by atoms with Crippen molar-refractivity contribution >= 4 is 26.8 Å². The molecule has 1 amide bonds. The van der Waals surface area contributed by atoms with Crippen LogP contribution in [0.15, 0.2) is 59.6 Å². The van der Waals surface area contributed by atoms with E-state index in [9.17, 15) is 17.6 Å². The molecule has 0 atom stereocenters. The number of piperazine rings is 1. The molecule has 1 fully saturated rings. The quantitative estimate of drug-likeness (QED) is 0.662. The summed E-state index contributed by atoms with van der Waals surface area (Å²) in [6.07, 6.45) is 1.58. The number of carbonyl (C=O) groups excluding carboxylic acids is 1. The van der Waals surface area contributed by atoms with Gasteiger partial charge in [0.2, 0.25) is 10.0 Å². The van der Waals surface area contributed by atoms with E-state index in [0.29, 0.717) is 11.1 Å². The number of aromatic nitrogens is 1. The number of hydrogen-bond acceptors (Lipinski definition) is 4. The third-order valence-corrected chi connectivity index (χ3v) is 6.96. The summed E-state index contributed by atoms with van der Waals surface area (Å²) in [5.41, 5.74) is 1.67. The molecule has 1 aromatic heterocycles. The minimum absolute atomic E-state index is 0.186. The Morgan fingerprint density at radius 2 is 1.72 bits per heavy atom. The number of nitrogens with zero attached hydrogens (tertiary/aromatic N) is 3. The van der Waals surface area contributed by atoms with Crippen LogP contribution < -0.4 is 0 Å². The van der Waals surface area contributed by atoms with Gasteiger partial charge in [0.25, 0.3) is 5.91 Å². The van der Waals surface area contributed by atoms with Crippen molar-refractivity contribution in [2.24, 2.45) is 0 Å². The maximum atomic E-state index is 13.3. The van der Waals surface area contributed by atoms with Gasteiger partial charge >= 0.3 is 0 Å². The molecule has 6 nitrogen and oxygen atoms in total. The van der Waals surface area contributed by atoms with Crippen LogP contribution in [0.2, 0.25) is 0 Å². The first-order valence-electron chi connectivity index (χ1n) is 9.26. The van der Waals surface area contributed by atoms with E-state index >= 15 is 0 Å². The number of amides is 1. The summed E-state index contributed by atoms with van der Waals surface area (Å²) >= 11 is 0. The van der Waals surface area contributed by atoms with E-state index in [-0.39, 0.29) is 37.0 Å². The Morgan fingerprint density at radius 1 is 1.03 bits per heavy atom. The van der Waals surface area contributed by atoms with E-state index in [1.807, 2.05) is 19.1 Å². The van der Waals surface area contributed by atoms with Crippen LogP contribution in [0.3, 0.4) is 0 Å². The molecule has 2 heterocycles. The summed E-state index contributed by atoms with van der Waals surface area (Å²) < 4.78 is 41.0. The van der Waals surface area contributed by atoms with Crippen LogP contribution in [0.25, 0.3) is 10.9 Å². The number of halogens is 1. The average Bonchev–Trinajstić information content (AvgIpc) is 2.73. The second-order valence-electron chi connectivity index (χ2n) is 7.04. The lowest BCUT2D eigenvalue weighted by atomic mass is 10.1. The number of sulfonamides is 1. The van der Waals surface area contributed by atoms with Crippen LogP contribution >= 0.6 is 0 Å². The lowest BCUT2D eigenvalue weighted by molar-refractivity contribution is 0.0698. The number of rotatable bonds is 3. The van der Waals surface area contributed by atoms with Gasteiger partial charge in [-0.15, -0.1) is 0 Å². The molecule has 0 N–H and O–H groups in total. The van der Waals surface area contributed by atoms with Crippen molar-refractivity contribution in [3.8, 4) is 0 Å². The molecule has 1 aliphatic rings. The van der Waals surface area contributed by atoms with E-state index in [2.05, 4.69) is 4.98 Å². The lowest BCUT2D eigenvalue weighted by Gasteiger charge is -2.34. The largest absolute Gasteiger partial charge is 0.336 e. The van der Waals surface area contributed by atoms with Crippen LogP contribution in [-0.2, 0) is 10.0 Å². The van der Waals surface area contributed by atoms with Crippen molar-refractivity contribution in [3.63, 3.8) is 0 Å². The standard InChI is InChI=1S/C21H20FN3O3S/c1-15-13-17-3-2-8-23-20(17)19(14-15)29(27,28)25-11-9-24(10-12-25)21(26)16-4-6-18(22)7-5-16/h2-8,13-14H,9-12H2,1H3. The normalized spacial score (nSPS) is 15.6. The van der Waals surface area contributed by atoms with E-state index in [1.165, 1.54) is 28.6 Å². The summed E-state index contributed by atoms with van der Waals surface area (Å²) in [7, 11) is -3.75. The highest BCUT2D eigenvalue weighted by atomic mass is 32.2. The van der Waals surface area contributed by atoms with Crippen LogP contribution in [0.5, 0.6) is 0 Å².